The van der Waals surface area contributed by atoms with Crippen LogP contribution in [0.1, 0.15) is 71.1 Å². The topological polar surface area (TPSA) is 204 Å². The third kappa shape index (κ3) is 18.2. The Hall–Kier alpha value is -1.48. The van der Waals surface area contributed by atoms with Crippen molar-refractivity contribution >= 4 is 13.8 Å². The Morgan fingerprint density at radius 2 is 1.56 bits per heavy atom. The van der Waals surface area contributed by atoms with Crippen molar-refractivity contribution in [2.24, 2.45) is 0 Å². The lowest BCUT2D eigenvalue weighted by Crippen LogP contribution is -2.62. The summed E-state index contributed by atoms with van der Waals surface area (Å²) in [7, 11) is -4.57. The number of phosphoric ester groups is 1. The summed E-state index contributed by atoms with van der Waals surface area (Å²) >= 11 is 0. The van der Waals surface area contributed by atoms with E-state index >= 15 is 0 Å². The lowest BCUT2D eigenvalue weighted by atomic mass is 9.98. The molecule has 250 valence electrons. The van der Waals surface area contributed by atoms with E-state index < -0.39 is 70.4 Å². The minimum atomic E-state index is -4.57. The van der Waals surface area contributed by atoms with Crippen molar-refractivity contribution < 1.29 is 58.3 Å². The molecule has 13 nitrogen and oxygen atoms in total. The first kappa shape index (κ1) is 39.5. The lowest BCUT2D eigenvalue weighted by molar-refractivity contribution is -0.236. The summed E-state index contributed by atoms with van der Waals surface area (Å²) in [5.74, 6) is -0.541. The summed E-state index contributed by atoms with van der Waals surface area (Å²) in [4.78, 5) is 21.9. The number of hydrogen-bond acceptors (Lipinski definition) is 12. The summed E-state index contributed by atoms with van der Waals surface area (Å²) < 4.78 is 32.1. The molecule has 0 aliphatic carbocycles. The van der Waals surface area contributed by atoms with Crippen LogP contribution in [-0.4, -0.2) is 106 Å². The quantitative estimate of drug-likeness (QED) is 0.0351. The third-order valence-electron chi connectivity index (χ3n) is 6.55. The highest BCUT2D eigenvalue weighted by atomic mass is 31.2. The fourth-order valence-electron chi connectivity index (χ4n) is 4.10. The van der Waals surface area contributed by atoms with Crippen LogP contribution in [0.15, 0.2) is 36.5 Å². The minimum absolute atomic E-state index is 0.124. The molecule has 1 heterocycles. The van der Waals surface area contributed by atoms with E-state index in [0.29, 0.717) is 6.42 Å². The first-order valence-corrected chi connectivity index (χ1v) is 16.6. The van der Waals surface area contributed by atoms with Gasteiger partial charge < -0.3 is 39.9 Å². The molecule has 0 amide bonds. The first-order valence-electron chi connectivity index (χ1n) is 15.1. The second-order valence-corrected chi connectivity index (χ2v) is 11.6. The molecule has 0 radical (unpaired) electrons. The average molecular weight is 638 g/mol. The van der Waals surface area contributed by atoms with Gasteiger partial charge in [0.25, 0.3) is 0 Å². The van der Waals surface area contributed by atoms with Crippen LogP contribution in [0.25, 0.3) is 0 Å². The normalized spacial score (nSPS) is 25.0. The summed E-state index contributed by atoms with van der Waals surface area (Å²) in [6, 6.07) is 0. The van der Waals surface area contributed by atoms with Crippen LogP contribution >= 0.6 is 7.82 Å². The Balaban J connectivity index is 2.14. The van der Waals surface area contributed by atoms with Gasteiger partial charge in [-0.2, -0.15) is 0 Å². The van der Waals surface area contributed by atoms with Crippen molar-refractivity contribution in [3.8, 4) is 0 Å². The van der Waals surface area contributed by atoms with E-state index in [-0.39, 0.29) is 19.6 Å². The standard InChI is InChI=1S/C29H52NO12P/c1-2-3-4-5-6-7-8-9-10-11-12-13-14-15-16-17-25(33)41-23(20-31)22-40-43(37,38)39-19-18-30-29-28(36)27(35)26(34)24(21-32)42-29/h3-4,6-7,9-10,23-24,26-32,34-36H,2,5,8,11-22H2,1H3,(H,37,38)/b4-3+,7-6+,10-9+. The maximum atomic E-state index is 12.1. The molecule has 1 saturated heterocycles. The molecule has 7 unspecified atom stereocenters. The number of carbonyl (C=O) groups is 1. The van der Waals surface area contributed by atoms with E-state index in [0.717, 1.165) is 51.4 Å². The average Bonchev–Trinajstić information content (AvgIpc) is 2.99. The Kier molecular flexibility index (Phi) is 21.9. The molecule has 7 atom stereocenters. The molecule has 1 rings (SSSR count). The van der Waals surface area contributed by atoms with E-state index in [2.05, 4.69) is 48.7 Å². The number of rotatable bonds is 24. The maximum absolute atomic E-state index is 12.1. The summed E-state index contributed by atoms with van der Waals surface area (Å²) in [5.41, 5.74) is 0. The first-order chi connectivity index (χ1) is 20.6. The van der Waals surface area contributed by atoms with Gasteiger partial charge in [-0.15, -0.1) is 0 Å². The Morgan fingerprint density at radius 1 is 0.907 bits per heavy atom. The molecule has 0 aromatic rings. The van der Waals surface area contributed by atoms with Crippen molar-refractivity contribution in [2.75, 3.05) is 33.0 Å². The number of carbonyl (C=O) groups excluding carboxylic acids is 1. The van der Waals surface area contributed by atoms with E-state index in [1.807, 2.05) is 0 Å². The van der Waals surface area contributed by atoms with Crippen LogP contribution < -0.4 is 5.32 Å². The molecular weight excluding hydrogens is 585 g/mol. The zero-order chi connectivity index (χ0) is 31.9. The molecule has 0 bridgehead atoms. The number of esters is 1. The second-order valence-electron chi connectivity index (χ2n) is 10.2. The van der Waals surface area contributed by atoms with E-state index in [1.54, 1.807) is 0 Å². The minimum Gasteiger partial charge on any atom is -0.457 e. The van der Waals surface area contributed by atoms with Crippen LogP contribution in [0.3, 0.4) is 0 Å². The number of allylic oxidation sites excluding steroid dienone is 6. The molecule has 1 aliphatic heterocycles. The Morgan fingerprint density at radius 3 is 2.23 bits per heavy atom. The van der Waals surface area contributed by atoms with Crippen molar-refractivity contribution in [1.82, 2.24) is 5.32 Å². The largest absolute Gasteiger partial charge is 0.472 e. The fourth-order valence-corrected chi connectivity index (χ4v) is 4.86. The molecule has 0 aromatic heterocycles. The molecule has 0 saturated carbocycles. The SMILES string of the molecule is CC/C=C/C/C=C/C/C=C/CCCCCCCC(=O)OC(CO)COP(=O)(O)OCCNC1OC(CO)C(O)C(O)C1O. The molecule has 43 heavy (non-hydrogen) atoms. The predicted molar refractivity (Wildman–Crippen MR) is 160 cm³/mol. The molecule has 0 aromatic carbocycles. The van der Waals surface area contributed by atoms with Crippen LogP contribution in [0, 0.1) is 0 Å². The predicted octanol–water partition coefficient (Wildman–Crippen LogP) is 2.00. The van der Waals surface area contributed by atoms with Gasteiger partial charge in [0.05, 0.1) is 26.4 Å². The van der Waals surface area contributed by atoms with Gasteiger partial charge in [0.15, 0.2) is 0 Å². The van der Waals surface area contributed by atoms with Gasteiger partial charge in [-0.25, -0.2) is 4.57 Å². The number of phosphoric acid groups is 1. The number of ether oxygens (including phenoxy) is 2. The van der Waals surface area contributed by atoms with Gasteiger partial charge in [0, 0.05) is 13.0 Å². The van der Waals surface area contributed by atoms with Gasteiger partial charge in [-0.1, -0.05) is 62.6 Å². The van der Waals surface area contributed by atoms with E-state index in [4.69, 9.17) is 18.5 Å². The van der Waals surface area contributed by atoms with Crippen LogP contribution in [-0.2, 0) is 27.9 Å². The summed E-state index contributed by atoms with van der Waals surface area (Å²) in [6.07, 6.45) is 13.8. The lowest BCUT2D eigenvalue weighted by Gasteiger charge is -2.40. The van der Waals surface area contributed by atoms with Crippen LogP contribution in [0.4, 0.5) is 0 Å². The van der Waals surface area contributed by atoms with Crippen molar-refractivity contribution in [2.45, 2.75) is 108 Å². The second kappa shape index (κ2) is 23.8. The summed E-state index contributed by atoms with van der Waals surface area (Å²) in [5, 5.41) is 50.8. The molecular formula is C29H52NO12P. The molecule has 7 N–H and O–H groups in total. The molecule has 1 aliphatic rings. The Bertz CT molecular complexity index is 868. The zero-order valence-electron chi connectivity index (χ0n) is 25.1. The Labute approximate surface area is 254 Å². The summed E-state index contributed by atoms with van der Waals surface area (Å²) in [6.45, 7) is -0.144. The molecule has 0 spiro atoms. The molecule has 14 heteroatoms. The van der Waals surface area contributed by atoms with Crippen LogP contribution in [0.2, 0.25) is 0 Å². The van der Waals surface area contributed by atoms with Crippen molar-refractivity contribution in [3.05, 3.63) is 36.5 Å². The highest BCUT2D eigenvalue weighted by Gasteiger charge is 2.43. The number of nitrogens with one attached hydrogen (secondary N) is 1. The fraction of sp³-hybridized carbons (Fsp3) is 0.759. The number of unbranched alkanes of at least 4 members (excludes halogenated alkanes) is 5. The smallest absolute Gasteiger partial charge is 0.457 e. The third-order valence-corrected chi connectivity index (χ3v) is 7.54. The van der Waals surface area contributed by atoms with Gasteiger partial charge in [0.2, 0.25) is 0 Å². The van der Waals surface area contributed by atoms with E-state index in [9.17, 15) is 39.8 Å². The highest BCUT2D eigenvalue weighted by molar-refractivity contribution is 7.47. The number of aliphatic hydroxyl groups excluding tert-OH is 5. The van der Waals surface area contributed by atoms with E-state index in [1.165, 1.54) is 0 Å². The van der Waals surface area contributed by atoms with Gasteiger partial charge in [-0.05, 0) is 38.5 Å². The van der Waals surface area contributed by atoms with Crippen molar-refractivity contribution in [1.29, 1.82) is 0 Å². The van der Waals surface area contributed by atoms with Gasteiger partial charge >= 0.3 is 13.8 Å². The van der Waals surface area contributed by atoms with Crippen LogP contribution in [0.5, 0.6) is 0 Å². The zero-order valence-corrected chi connectivity index (χ0v) is 26.0. The monoisotopic (exact) mass is 637 g/mol. The van der Waals surface area contributed by atoms with Gasteiger partial charge in [-0.3, -0.25) is 19.2 Å². The van der Waals surface area contributed by atoms with Gasteiger partial charge in [0.1, 0.15) is 36.7 Å². The maximum Gasteiger partial charge on any atom is 0.472 e. The van der Waals surface area contributed by atoms with Crippen molar-refractivity contribution in [3.63, 3.8) is 0 Å². The molecule has 1 fully saturated rings. The highest BCUT2D eigenvalue weighted by Crippen LogP contribution is 2.43. The number of aliphatic hydroxyl groups is 5. The number of hydrogen-bond donors (Lipinski definition) is 7.